The van der Waals surface area contributed by atoms with E-state index in [9.17, 15) is 14.4 Å². The van der Waals surface area contributed by atoms with E-state index in [1.165, 1.54) is 30.9 Å². The first-order valence-corrected chi connectivity index (χ1v) is 11.7. The van der Waals surface area contributed by atoms with Gasteiger partial charge in [-0.25, -0.2) is 4.79 Å². The summed E-state index contributed by atoms with van der Waals surface area (Å²) in [5.74, 6) is -0.372. The summed E-state index contributed by atoms with van der Waals surface area (Å²) in [6.45, 7) is 8.77. The van der Waals surface area contributed by atoms with Gasteiger partial charge in [-0.05, 0) is 63.9 Å². The third kappa shape index (κ3) is 6.40. The summed E-state index contributed by atoms with van der Waals surface area (Å²) in [6, 6.07) is 13.1. The number of carbonyl (C=O) groups excluding carboxylic acids is 2. The molecule has 3 rings (SSSR count). The van der Waals surface area contributed by atoms with Crippen LogP contribution in [0.15, 0.2) is 59.5 Å². The summed E-state index contributed by atoms with van der Waals surface area (Å²) in [7, 11) is 1.47. The molecule has 0 saturated heterocycles. The quantitative estimate of drug-likeness (QED) is 0.305. The molecule has 6 nitrogen and oxygen atoms in total. The van der Waals surface area contributed by atoms with Gasteiger partial charge in [0.2, 0.25) is 0 Å². The van der Waals surface area contributed by atoms with Crippen LogP contribution in [0.4, 0.5) is 0 Å². The lowest BCUT2D eigenvalue weighted by molar-refractivity contribution is -0.159. The Morgan fingerprint density at radius 1 is 1.03 bits per heavy atom. The molecule has 0 saturated carbocycles. The van der Waals surface area contributed by atoms with Crippen molar-refractivity contribution in [2.75, 3.05) is 7.11 Å². The van der Waals surface area contributed by atoms with Crippen LogP contribution in [-0.2, 0) is 16.0 Å². The molecular weight excluding hydrogens is 466 g/mol. The van der Waals surface area contributed by atoms with Crippen molar-refractivity contribution in [3.05, 3.63) is 86.8 Å². The van der Waals surface area contributed by atoms with Crippen molar-refractivity contribution in [1.82, 2.24) is 4.57 Å². The Morgan fingerprint density at radius 3 is 2.26 bits per heavy atom. The number of ketones is 1. The maximum absolute atomic E-state index is 13.4. The first-order valence-electron chi connectivity index (χ1n) is 11.3. The molecule has 0 aliphatic carbocycles. The molecule has 35 heavy (non-hydrogen) atoms. The molecule has 0 amide bonds. The third-order valence-electron chi connectivity index (χ3n) is 5.48. The highest BCUT2D eigenvalue weighted by Gasteiger charge is 2.29. The largest absolute Gasteiger partial charge is 0.495 e. The number of halogens is 1. The van der Waals surface area contributed by atoms with Gasteiger partial charge in [-0.2, -0.15) is 0 Å². The van der Waals surface area contributed by atoms with E-state index < -0.39 is 23.2 Å². The zero-order chi connectivity index (χ0) is 25.9. The normalized spacial score (nSPS) is 12.2. The minimum absolute atomic E-state index is 0.172. The van der Waals surface area contributed by atoms with E-state index in [4.69, 9.17) is 21.1 Å². The van der Waals surface area contributed by atoms with Gasteiger partial charge in [0.1, 0.15) is 17.4 Å². The van der Waals surface area contributed by atoms with E-state index in [0.29, 0.717) is 27.5 Å². The van der Waals surface area contributed by atoms with E-state index in [1.807, 2.05) is 31.2 Å². The summed E-state index contributed by atoms with van der Waals surface area (Å²) >= 11 is 6.20. The lowest BCUT2D eigenvalue weighted by atomic mass is 9.97. The second-order valence-corrected chi connectivity index (χ2v) is 9.92. The van der Waals surface area contributed by atoms with Crippen molar-refractivity contribution in [3.8, 4) is 16.9 Å². The Hall–Kier alpha value is -3.38. The van der Waals surface area contributed by atoms with Gasteiger partial charge in [0.15, 0.2) is 5.78 Å². The molecule has 0 bridgehead atoms. The van der Waals surface area contributed by atoms with Gasteiger partial charge in [0, 0.05) is 28.6 Å². The molecule has 0 N–H and O–H groups in total. The van der Waals surface area contributed by atoms with Crippen molar-refractivity contribution in [3.63, 3.8) is 0 Å². The van der Waals surface area contributed by atoms with Crippen molar-refractivity contribution in [1.29, 1.82) is 0 Å². The van der Waals surface area contributed by atoms with Crippen LogP contribution in [0.3, 0.4) is 0 Å². The number of benzene rings is 2. The Balaban J connectivity index is 2.17. The average Bonchev–Trinajstić information content (AvgIpc) is 2.77. The number of pyridine rings is 1. The molecule has 7 heteroatoms. The average molecular weight is 496 g/mol. The first-order chi connectivity index (χ1) is 16.4. The van der Waals surface area contributed by atoms with Crippen molar-refractivity contribution >= 4 is 23.4 Å². The van der Waals surface area contributed by atoms with Gasteiger partial charge in [-0.15, -0.1) is 0 Å². The molecule has 2 aromatic carbocycles. The predicted molar refractivity (Wildman–Crippen MR) is 137 cm³/mol. The molecule has 1 aromatic heterocycles. The summed E-state index contributed by atoms with van der Waals surface area (Å²) in [5.41, 5.74) is 2.13. The number of Topliss-reactive ketones (excluding diaryl/α,β-unsaturated/α-hetero) is 1. The van der Waals surface area contributed by atoms with Gasteiger partial charge in [0.25, 0.3) is 5.56 Å². The maximum Gasteiger partial charge on any atom is 0.330 e. The first kappa shape index (κ1) is 26.2. The van der Waals surface area contributed by atoms with Gasteiger partial charge in [-0.3, -0.25) is 14.2 Å². The minimum Gasteiger partial charge on any atom is -0.495 e. The molecular formula is C28H30ClNO5. The third-order valence-corrected chi connectivity index (χ3v) is 5.71. The number of nitrogens with zero attached hydrogens (tertiary/aromatic N) is 1. The van der Waals surface area contributed by atoms with Crippen LogP contribution in [0.5, 0.6) is 5.75 Å². The summed E-state index contributed by atoms with van der Waals surface area (Å²) in [4.78, 5) is 38.9. The molecule has 184 valence electrons. The lowest BCUT2D eigenvalue weighted by Gasteiger charge is -2.26. The second kappa shape index (κ2) is 10.5. The minimum atomic E-state index is -0.918. The van der Waals surface area contributed by atoms with E-state index >= 15 is 0 Å². The second-order valence-electron chi connectivity index (χ2n) is 9.49. The van der Waals surface area contributed by atoms with Crippen LogP contribution >= 0.6 is 11.6 Å². The van der Waals surface area contributed by atoms with E-state index in [0.717, 1.165) is 11.1 Å². The van der Waals surface area contributed by atoms with Crippen LogP contribution in [0, 0.1) is 6.92 Å². The zero-order valence-corrected chi connectivity index (χ0v) is 21.6. The van der Waals surface area contributed by atoms with E-state index in [-0.39, 0.29) is 12.2 Å². The SMILES string of the molecule is COc1cn(C(Cc2ccc(C)cc2)C(=O)OC(C)(C)C)c(=O)cc1-c1cc(Cl)ccc1C(C)=O. The Morgan fingerprint density at radius 2 is 1.69 bits per heavy atom. The Bertz CT molecular complexity index is 1300. The molecule has 0 fully saturated rings. The highest BCUT2D eigenvalue weighted by Crippen LogP contribution is 2.34. The number of ether oxygens (including phenoxy) is 2. The number of rotatable bonds is 7. The summed E-state index contributed by atoms with van der Waals surface area (Å²) < 4.78 is 12.6. The number of carbonyl (C=O) groups is 2. The molecule has 1 heterocycles. The topological polar surface area (TPSA) is 74.6 Å². The predicted octanol–water partition coefficient (Wildman–Crippen LogP) is 5.81. The Labute approximate surface area is 210 Å². The molecule has 0 spiro atoms. The standard InChI is InChI=1S/C28H30ClNO5/c1-17-7-9-19(10-8-17)13-24(27(33)35-28(3,4)5)30-16-25(34-6)23(15-26(30)32)22-14-20(29)11-12-21(22)18(2)31/h7-12,14-16,24H,13H2,1-6H3. The van der Waals surface area contributed by atoms with E-state index in [1.54, 1.807) is 39.0 Å². The maximum atomic E-state index is 13.4. The molecule has 0 radical (unpaired) electrons. The number of aromatic nitrogens is 1. The number of hydrogen-bond donors (Lipinski definition) is 0. The van der Waals surface area contributed by atoms with Gasteiger partial charge in [-0.1, -0.05) is 41.4 Å². The smallest absolute Gasteiger partial charge is 0.330 e. The van der Waals surface area contributed by atoms with Gasteiger partial charge >= 0.3 is 5.97 Å². The summed E-state index contributed by atoms with van der Waals surface area (Å²) in [6.07, 6.45) is 1.75. The van der Waals surface area contributed by atoms with E-state index in [2.05, 4.69) is 0 Å². The number of methoxy groups -OCH3 is 1. The molecule has 0 aliphatic rings. The number of esters is 1. The van der Waals surface area contributed by atoms with Crippen LogP contribution in [-0.4, -0.2) is 29.0 Å². The van der Waals surface area contributed by atoms with Crippen molar-refractivity contribution in [2.45, 2.75) is 52.7 Å². The van der Waals surface area contributed by atoms with Crippen LogP contribution in [0.1, 0.15) is 55.2 Å². The fourth-order valence-electron chi connectivity index (χ4n) is 3.80. The van der Waals surface area contributed by atoms with Gasteiger partial charge in [0.05, 0.1) is 13.3 Å². The fourth-order valence-corrected chi connectivity index (χ4v) is 3.98. The highest BCUT2D eigenvalue weighted by atomic mass is 35.5. The fraction of sp³-hybridized carbons (Fsp3) is 0.321. The number of aryl methyl sites for hydroxylation is 1. The number of hydrogen-bond acceptors (Lipinski definition) is 5. The summed E-state index contributed by atoms with van der Waals surface area (Å²) in [5, 5.41) is 0.419. The van der Waals surface area contributed by atoms with Crippen LogP contribution in [0.25, 0.3) is 11.1 Å². The lowest BCUT2D eigenvalue weighted by Crippen LogP contribution is -2.36. The van der Waals surface area contributed by atoms with Crippen LogP contribution < -0.4 is 10.3 Å². The molecule has 3 aromatic rings. The van der Waals surface area contributed by atoms with Crippen molar-refractivity contribution < 1.29 is 19.1 Å². The monoisotopic (exact) mass is 495 g/mol. The molecule has 1 unspecified atom stereocenters. The Kier molecular flexibility index (Phi) is 7.86. The van der Waals surface area contributed by atoms with Gasteiger partial charge < -0.3 is 9.47 Å². The molecule has 0 aliphatic heterocycles. The highest BCUT2D eigenvalue weighted by molar-refractivity contribution is 6.31. The molecule has 1 atom stereocenters. The van der Waals surface area contributed by atoms with Crippen LogP contribution in [0.2, 0.25) is 5.02 Å². The zero-order valence-electron chi connectivity index (χ0n) is 20.8. The van der Waals surface area contributed by atoms with Crippen molar-refractivity contribution in [2.24, 2.45) is 0 Å².